The number of methoxy groups -OCH3 is 1. The highest BCUT2D eigenvalue weighted by Crippen LogP contribution is 2.24. The van der Waals surface area contributed by atoms with E-state index in [-0.39, 0.29) is 17.2 Å². The molecule has 0 fully saturated rings. The molecule has 146 valence electrons. The van der Waals surface area contributed by atoms with Gasteiger partial charge in [-0.3, -0.25) is 0 Å². The number of ether oxygens (including phenoxy) is 1. The Labute approximate surface area is 161 Å². The third-order valence-electron chi connectivity index (χ3n) is 4.36. The maximum Gasteiger partial charge on any atom is 0.337 e. The number of nitrogens with one attached hydrogen (secondary N) is 1. The van der Waals surface area contributed by atoms with Crippen molar-refractivity contribution in [3.05, 3.63) is 70.8 Å². The van der Waals surface area contributed by atoms with Gasteiger partial charge >= 0.3 is 5.97 Å². The zero-order chi connectivity index (χ0) is 20.2. The first-order chi connectivity index (χ1) is 12.5. The monoisotopic (exact) mass is 389 g/mol. The molecule has 5 nitrogen and oxygen atoms in total. The van der Waals surface area contributed by atoms with Gasteiger partial charge in [-0.25, -0.2) is 17.9 Å². The Hall–Kier alpha value is -2.18. The summed E-state index contributed by atoms with van der Waals surface area (Å²) in [5.74, 6) is -0.603. The third-order valence-corrected chi connectivity index (χ3v) is 5.79. The second-order valence-corrected chi connectivity index (χ2v) is 9.41. The molecule has 2 aromatic rings. The van der Waals surface area contributed by atoms with Crippen molar-refractivity contribution >= 4 is 16.0 Å². The lowest BCUT2D eigenvalue weighted by Crippen LogP contribution is -2.28. The molecule has 0 unspecified atom stereocenters. The third kappa shape index (κ3) is 5.91. The van der Waals surface area contributed by atoms with Crippen molar-refractivity contribution < 1.29 is 17.9 Å². The Morgan fingerprint density at radius 1 is 1.04 bits per heavy atom. The van der Waals surface area contributed by atoms with Crippen LogP contribution in [-0.4, -0.2) is 21.5 Å². The van der Waals surface area contributed by atoms with Crippen molar-refractivity contribution in [3.8, 4) is 0 Å². The van der Waals surface area contributed by atoms with Gasteiger partial charge in [0.15, 0.2) is 0 Å². The molecule has 2 rings (SSSR count). The highest BCUT2D eigenvalue weighted by Gasteiger charge is 2.18. The maximum atomic E-state index is 12.5. The van der Waals surface area contributed by atoms with Gasteiger partial charge in [0.05, 0.1) is 18.4 Å². The summed E-state index contributed by atoms with van der Waals surface area (Å²) in [6, 6.07) is 14.0. The molecule has 0 aliphatic rings. The summed E-state index contributed by atoms with van der Waals surface area (Å²) in [5, 5.41) is 0. The molecule has 0 spiro atoms. The van der Waals surface area contributed by atoms with E-state index in [0.29, 0.717) is 11.1 Å². The highest BCUT2D eigenvalue weighted by atomic mass is 32.2. The minimum atomic E-state index is -3.53. The number of benzene rings is 2. The Morgan fingerprint density at radius 3 is 2.07 bits per heavy atom. The molecule has 0 saturated carbocycles. The topological polar surface area (TPSA) is 72.5 Å². The van der Waals surface area contributed by atoms with Gasteiger partial charge in [-0.15, -0.1) is 0 Å². The molecule has 0 saturated heterocycles. The quantitative estimate of drug-likeness (QED) is 0.759. The number of rotatable bonds is 6. The predicted molar refractivity (Wildman–Crippen MR) is 107 cm³/mol. The fraction of sp³-hybridized carbons (Fsp3) is 0.381. The lowest BCUT2D eigenvalue weighted by Gasteiger charge is -2.20. The number of hydrogen-bond donors (Lipinski definition) is 1. The maximum absolute atomic E-state index is 12.5. The first-order valence-corrected chi connectivity index (χ1v) is 10.4. The molecular weight excluding hydrogens is 362 g/mol. The van der Waals surface area contributed by atoms with Crippen LogP contribution in [0.1, 0.15) is 60.8 Å². The fourth-order valence-corrected chi connectivity index (χ4v) is 4.11. The zero-order valence-corrected chi connectivity index (χ0v) is 17.3. The molecule has 1 N–H and O–H groups in total. The largest absolute Gasteiger partial charge is 0.465 e. The molecule has 0 radical (unpaired) electrons. The van der Waals surface area contributed by atoms with Crippen LogP contribution < -0.4 is 4.72 Å². The normalized spacial score (nSPS) is 13.2. The van der Waals surface area contributed by atoms with Crippen molar-refractivity contribution in [2.45, 2.75) is 44.9 Å². The Kier molecular flexibility index (Phi) is 6.44. The van der Waals surface area contributed by atoms with Gasteiger partial charge in [-0.2, -0.15) is 0 Å². The van der Waals surface area contributed by atoms with Gasteiger partial charge in [0.25, 0.3) is 0 Å². The van der Waals surface area contributed by atoms with Crippen molar-refractivity contribution in [1.29, 1.82) is 0 Å². The summed E-state index contributed by atoms with van der Waals surface area (Å²) in [7, 11) is -2.22. The van der Waals surface area contributed by atoms with Gasteiger partial charge in [-0.05, 0) is 41.2 Å². The second kappa shape index (κ2) is 8.23. The second-order valence-electron chi connectivity index (χ2n) is 7.66. The van der Waals surface area contributed by atoms with E-state index in [2.05, 4.69) is 30.2 Å². The Balaban J connectivity index is 2.05. The fourth-order valence-electron chi connectivity index (χ4n) is 2.73. The standard InChI is InChI=1S/C21H27NO4S/c1-15(17-10-12-19(13-11-17)21(2,3)4)22-27(24,25)14-16-6-8-18(9-7-16)20(23)26-5/h6-13,15,22H,14H2,1-5H3/t15-/m1/s1. The van der Waals surface area contributed by atoms with Crippen LogP contribution in [0.2, 0.25) is 0 Å². The Morgan fingerprint density at radius 2 is 1.59 bits per heavy atom. The number of carbonyl (C=O) groups excluding carboxylic acids is 1. The average molecular weight is 390 g/mol. The minimum absolute atomic E-state index is 0.0532. The van der Waals surface area contributed by atoms with Crippen molar-refractivity contribution in [3.63, 3.8) is 0 Å². The molecular formula is C21H27NO4S. The molecule has 0 aliphatic carbocycles. The van der Waals surface area contributed by atoms with Crippen LogP contribution in [-0.2, 0) is 25.9 Å². The summed E-state index contributed by atoms with van der Waals surface area (Å²) >= 11 is 0. The van der Waals surface area contributed by atoms with Gasteiger partial charge in [0, 0.05) is 6.04 Å². The SMILES string of the molecule is COC(=O)c1ccc(CS(=O)(=O)N[C@H](C)c2ccc(C(C)(C)C)cc2)cc1. The van der Waals surface area contributed by atoms with Crippen LogP contribution in [0.25, 0.3) is 0 Å². The molecule has 6 heteroatoms. The van der Waals surface area contributed by atoms with E-state index in [0.717, 1.165) is 5.56 Å². The van der Waals surface area contributed by atoms with Crippen LogP contribution in [0.3, 0.4) is 0 Å². The van der Waals surface area contributed by atoms with Crippen molar-refractivity contribution in [1.82, 2.24) is 4.72 Å². The minimum Gasteiger partial charge on any atom is -0.465 e. The number of esters is 1. The average Bonchev–Trinajstić information content (AvgIpc) is 2.60. The Bertz CT molecular complexity index is 879. The molecule has 0 amide bonds. The highest BCUT2D eigenvalue weighted by molar-refractivity contribution is 7.88. The van der Waals surface area contributed by atoms with E-state index >= 15 is 0 Å². The molecule has 2 aromatic carbocycles. The van der Waals surface area contributed by atoms with Crippen molar-refractivity contribution in [2.24, 2.45) is 0 Å². The van der Waals surface area contributed by atoms with E-state index < -0.39 is 16.0 Å². The van der Waals surface area contributed by atoms with Crippen LogP contribution in [0.4, 0.5) is 0 Å². The first-order valence-electron chi connectivity index (χ1n) is 8.79. The summed E-state index contributed by atoms with van der Waals surface area (Å²) in [5.41, 5.74) is 3.15. The van der Waals surface area contributed by atoms with Gasteiger partial charge < -0.3 is 4.74 Å². The molecule has 0 bridgehead atoms. The predicted octanol–water partition coefficient (Wildman–Crippen LogP) is 3.95. The lowest BCUT2D eigenvalue weighted by molar-refractivity contribution is 0.0600. The van der Waals surface area contributed by atoms with E-state index in [1.165, 1.54) is 12.7 Å². The molecule has 0 aliphatic heterocycles. The van der Waals surface area contributed by atoms with Gasteiger partial charge in [-0.1, -0.05) is 57.2 Å². The van der Waals surface area contributed by atoms with Crippen molar-refractivity contribution in [2.75, 3.05) is 7.11 Å². The molecule has 0 heterocycles. The smallest absolute Gasteiger partial charge is 0.337 e. The van der Waals surface area contributed by atoms with Gasteiger partial charge in [0.2, 0.25) is 10.0 Å². The van der Waals surface area contributed by atoms with Gasteiger partial charge in [0.1, 0.15) is 0 Å². The zero-order valence-electron chi connectivity index (χ0n) is 16.4. The van der Waals surface area contributed by atoms with E-state index in [1.54, 1.807) is 24.3 Å². The first kappa shape index (κ1) is 21.1. The van der Waals surface area contributed by atoms with Crippen LogP contribution >= 0.6 is 0 Å². The van der Waals surface area contributed by atoms with Crippen LogP contribution in [0.5, 0.6) is 0 Å². The molecule has 0 aromatic heterocycles. The van der Waals surface area contributed by atoms with E-state index in [1.807, 2.05) is 31.2 Å². The number of carbonyl (C=O) groups is 1. The summed E-state index contributed by atoms with van der Waals surface area (Å²) in [4.78, 5) is 11.4. The van der Waals surface area contributed by atoms with E-state index in [4.69, 9.17) is 0 Å². The molecule has 27 heavy (non-hydrogen) atoms. The number of hydrogen-bond acceptors (Lipinski definition) is 4. The summed E-state index contributed by atoms with van der Waals surface area (Å²) < 4.78 is 32.3. The summed E-state index contributed by atoms with van der Waals surface area (Å²) in [6.45, 7) is 8.24. The van der Waals surface area contributed by atoms with Crippen LogP contribution in [0, 0.1) is 0 Å². The number of sulfonamides is 1. The molecule has 1 atom stereocenters. The van der Waals surface area contributed by atoms with Crippen LogP contribution in [0.15, 0.2) is 48.5 Å². The lowest BCUT2D eigenvalue weighted by atomic mass is 9.86. The summed E-state index contributed by atoms with van der Waals surface area (Å²) in [6.07, 6.45) is 0. The van der Waals surface area contributed by atoms with E-state index in [9.17, 15) is 13.2 Å².